The average molecular weight is 335 g/mol. The lowest BCUT2D eigenvalue weighted by Gasteiger charge is -2.06. The van der Waals surface area contributed by atoms with Gasteiger partial charge in [-0.1, -0.05) is 18.7 Å². The van der Waals surface area contributed by atoms with Crippen molar-refractivity contribution in [2.75, 3.05) is 11.1 Å². The minimum Gasteiger partial charge on any atom is -0.325 e. The van der Waals surface area contributed by atoms with Gasteiger partial charge < -0.3 is 9.88 Å². The van der Waals surface area contributed by atoms with Crippen molar-refractivity contribution in [2.45, 2.75) is 32.0 Å². The second kappa shape index (κ2) is 7.73. The molecule has 23 heavy (non-hydrogen) atoms. The van der Waals surface area contributed by atoms with Gasteiger partial charge >= 0.3 is 0 Å². The van der Waals surface area contributed by atoms with Crippen molar-refractivity contribution >= 4 is 29.0 Å². The van der Waals surface area contributed by atoms with Crippen molar-refractivity contribution in [3.63, 3.8) is 0 Å². The van der Waals surface area contributed by atoms with Crippen LogP contribution >= 0.6 is 11.8 Å². The van der Waals surface area contributed by atoms with Crippen LogP contribution < -0.4 is 5.32 Å². The van der Waals surface area contributed by atoms with Crippen molar-refractivity contribution < 1.29 is 9.72 Å². The molecule has 0 spiro atoms. The van der Waals surface area contributed by atoms with E-state index >= 15 is 0 Å². The molecule has 2 aromatic rings. The van der Waals surface area contributed by atoms with Crippen LogP contribution in [0.25, 0.3) is 0 Å². The second-order valence-corrected chi connectivity index (χ2v) is 5.58. The van der Waals surface area contributed by atoms with Gasteiger partial charge in [0.1, 0.15) is 5.82 Å². The monoisotopic (exact) mass is 335 g/mol. The zero-order chi connectivity index (χ0) is 16.8. The molecule has 1 heterocycles. The number of amides is 1. The molecule has 0 saturated heterocycles. The summed E-state index contributed by atoms with van der Waals surface area (Å²) >= 11 is 1.31. The van der Waals surface area contributed by atoms with Crippen molar-refractivity contribution in [1.82, 2.24) is 14.8 Å². The standard InChI is InChI=1S/C14H17N5O3S/c1-3-12-16-17-14(18(12)4-2)23-9-13(20)15-10-5-7-11(8-6-10)19(21)22/h5-8H,3-4,9H2,1-2H3,(H,15,20). The molecule has 0 radical (unpaired) electrons. The van der Waals surface area contributed by atoms with Gasteiger partial charge in [0, 0.05) is 30.8 Å². The Bertz CT molecular complexity index is 699. The number of nitrogens with zero attached hydrogens (tertiary/aromatic N) is 4. The summed E-state index contributed by atoms with van der Waals surface area (Å²) in [6.07, 6.45) is 0.788. The van der Waals surface area contributed by atoms with Gasteiger partial charge in [-0.15, -0.1) is 10.2 Å². The number of anilines is 1. The summed E-state index contributed by atoms with van der Waals surface area (Å²) in [5.74, 6) is 0.886. The van der Waals surface area contributed by atoms with Crippen LogP contribution in [0.4, 0.5) is 11.4 Å². The highest BCUT2D eigenvalue weighted by Crippen LogP contribution is 2.19. The van der Waals surface area contributed by atoms with Crippen LogP contribution in [-0.4, -0.2) is 31.3 Å². The Morgan fingerprint density at radius 2 is 2.00 bits per heavy atom. The molecule has 0 aliphatic heterocycles. The molecule has 0 aliphatic rings. The Kier molecular flexibility index (Phi) is 5.69. The highest BCUT2D eigenvalue weighted by Gasteiger charge is 2.12. The molecule has 2 rings (SSSR count). The smallest absolute Gasteiger partial charge is 0.269 e. The lowest BCUT2D eigenvalue weighted by molar-refractivity contribution is -0.384. The number of hydrogen-bond acceptors (Lipinski definition) is 6. The molecule has 1 N–H and O–H groups in total. The molecule has 0 unspecified atom stereocenters. The molecule has 8 nitrogen and oxygen atoms in total. The van der Waals surface area contributed by atoms with E-state index in [1.165, 1.54) is 36.0 Å². The molecular formula is C14H17N5O3S. The van der Waals surface area contributed by atoms with E-state index in [4.69, 9.17) is 0 Å². The molecule has 1 amide bonds. The first-order valence-corrected chi connectivity index (χ1v) is 8.12. The maximum Gasteiger partial charge on any atom is 0.269 e. The summed E-state index contributed by atoms with van der Waals surface area (Å²) in [4.78, 5) is 22.1. The summed E-state index contributed by atoms with van der Waals surface area (Å²) < 4.78 is 1.98. The number of nitro benzene ring substituents is 1. The van der Waals surface area contributed by atoms with E-state index in [0.717, 1.165) is 18.8 Å². The number of rotatable bonds is 7. The quantitative estimate of drug-likeness (QED) is 0.474. The van der Waals surface area contributed by atoms with Crippen LogP contribution in [0.3, 0.4) is 0 Å². The predicted octanol–water partition coefficient (Wildman–Crippen LogP) is 2.50. The van der Waals surface area contributed by atoms with Crippen LogP contribution in [0.2, 0.25) is 0 Å². The number of aromatic nitrogens is 3. The van der Waals surface area contributed by atoms with Crippen molar-refractivity contribution in [1.29, 1.82) is 0 Å². The van der Waals surface area contributed by atoms with Gasteiger partial charge in [0.15, 0.2) is 5.16 Å². The van der Waals surface area contributed by atoms with E-state index in [1.807, 2.05) is 18.4 Å². The second-order valence-electron chi connectivity index (χ2n) is 4.64. The first-order valence-electron chi connectivity index (χ1n) is 7.14. The van der Waals surface area contributed by atoms with E-state index in [2.05, 4.69) is 15.5 Å². The summed E-state index contributed by atoms with van der Waals surface area (Å²) in [6.45, 7) is 4.76. The van der Waals surface area contributed by atoms with E-state index < -0.39 is 4.92 Å². The van der Waals surface area contributed by atoms with Gasteiger partial charge in [0.25, 0.3) is 5.69 Å². The third-order valence-corrected chi connectivity index (χ3v) is 4.09. The van der Waals surface area contributed by atoms with Crippen molar-refractivity contribution in [3.8, 4) is 0 Å². The predicted molar refractivity (Wildman–Crippen MR) is 87.5 cm³/mol. The molecule has 0 atom stereocenters. The summed E-state index contributed by atoms with van der Waals surface area (Å²) in [5.41, 5.74) is 0.507. The lowest BCUT2D eigenvalue weighted by atomic mass is 10.3. The molecule has 9 heteroatoms. The molecule has 1 aromatic heterocycles. The molecule has 1 aromatic carbocycles. The van der Waals surface area contributed by atoms with Crippen molar-refractivity contribution in [2.24, 2.45) is 0 Å². The first kappa shape index (κ1) is 16.9. The van der Waals surface area contributed by atoms with E-state index in [-0.39, 0.29) is 17.3 Å². The fourth-order valence-electron chi connectivity index (χ4n) is 2.00. The highest BCUT2D eigenvalue weighted by molar-refractivity contribution is 7.99. The van der Waals surface area contributed by atoms with Crippen LogP contribution in [0.15, 0.2) is 29.4 Å². The molecule has 0 bridgehead atoms. The number of carbonyl (C=O) groups is 1. The van der Waals surface area contributed by atoms with Gasteiger partial charge in [0.2, 0.25) is 5.91 Å². The van der Waals surface area contributed by atoms with Gasteiger partial charge in [0.05, 0.1) is 10.7 Å². The number of nitro groups is 1. The average Bonchev–Trinajstić information content (AvgIpc) is 2.95. The molecule has 0 fully saturated rings. The van der Waals surface area contributed by atoms with Crippen LogP contribution in [-0.2, 0) is 17.8 Å². The maximum absolute atomic E-state index is 12.0. The number of aryl methyl sites for hydroxylation is 1. The number of hydrogen-bond donors (Lipinski definition) is 1. The highest BCUT2D eigenvalue weighted by atomic mass is 32.2. The molecular weight excluding hydrogens is 318 g/mol. The molecule has 0 aliphatic carbocycles. The van der Waals surface area contributed by atoms with Gasteiger partial charge in [-0.2, -0.15) is 0 Å². The van der Waals surface area contributed by atoms with Gasteiger partial charge in [-0.25, -0.2) is 0 Å². The minimum atomic E-state index is -0.482. The zero-order valence-electron chi connectivity index (χ0n) is 12.9. The van der Waals surface area contributed by atoms with Crippen LogP contribution in [0, 0.1) is 10.1 Å². The number of non-ortho nitro benzene ring substituents is 1. The van der Waals surface area contributed by atoms with Crippen LogP contribution in [0.1, 0.15) is 19.7 Å². The number of benzene rings is 1. The minimum absolute atomic E-state index is 0.0134. The SMILES string of the molecule is CCc1nnc(SCC(=O)Nc2ccc([N+](=O)[O-])cc2)n1CC. The molecule has 122 valence electrons. The van der Waals surface area contributed by atoms with E-state index in [1.54, 1.807) is 0 Å². The Labute approximate surface area is 137 Å². The third-order valence-electron chi connectivity index (χ3n) is 3.12. The molecule has 0 saturated carbocycles. The summed E-state index contributed by atoms with van der Waals surface area (Å²) in [6, 6.07) is 5.71. The third kappa shape index (κ3) is 4.28. The Hall–Kier alpha value is -2.42. The van der Waals surface area contributed by atoms with Gasteiger partial charge in [-0.05, 0) is 19.1 Å². The number of thioether (sulfide) groups is 1. The Morgan fingerprint density at radius 1 is 1.30 bits per heavy atom. The number of nitrogens with one attached hydrogen (secondary N) is 1. The number of carbonyl (C=O) groups excluding carboxylic acids is 1. The topological polar surface area (TPSA) is 103 Å². The first-order chi connectivity index (χ1) is 11.0. The fraction of sp³-hybridized carbons (Fsp3) is 0.357. The fourth-order valence-corrected chi connectivity index (χ4v) is 2.82. The Morgan fingerprint density at radius 3 is 2.57 bits per heavy atom. The van der Waals surface area contributed by atoms with Gasteiger partial charge in [-0.3, -0.25) is 14.9 Å². The maximum atomic E-state index is 12.0. The normalized spacial score (nSPS) is 10.5. The largest absolute Gasteiger partial charge is 0.325 e. The van der Waals surface area contributed by atoms with E-state index in [0.29, 0.717) is 10.8 Å². The van der Waals surface area contributed by atoms with Crippen molar-refractivity contribution in [3.05, 3.63) is 40.2 Å². The van der Waals surface area contributed by atoms with Crippen LogP contribution in [0.5, 0.6) is 0 Å². The lowest BCUT2D eigenvalue weighted by Crippen LogP contribution is -2.14. The van der Waals surface area contributed by atoms with E-state index in [9.17, 15) is 14.9 Å². The summed E-state index contributed by atoms with van der Waals surface area (Å²) in [5, 5.41) is 22.2. The Balaban J connectivity index is 1.92. The zero-order valence-corrected chi connectivity index (χ0v) is 13.7. The summed E-state index contributed by atoms with van der Waals surface area (Å²) in [7, 11) is 0.